The van der Waals surface area contributed by atoms with Crippen molar-refractivity contribution in [2.24, 2.45) is 0 Å². The Morgan fingerprint density at radius 2 is 2.12 bits per heavy atom. The number of aromatic nitrogens is 2. The summed E-state index contributed by atoms with van der Waals surface area (Å²) in [6, 6.07) is 10.4. The lowest BCUT2D eigenvalue weighted by Gasteiger charge is -2.19. The molecule has 1 aliphatic heterocycles. The normalized spacial score (nSPS) is 14.7. The van der Waals surface area contributed by atoms with Crippen LogP contribution in [0.25, 0.3) is 5.57 Å². The quantitative estimate of drug-likeness (QED) is 0.841. The standard InChI is InChI=1S/C18H20N6/c1-4-20-18-21-11-12(3)16(23-18)13(10-19)17-22-14-8-6-7-9-15(14)24(17)5-2/h6-9,11,22H,4-5H2,1-3H3,(H,20,21,23). The van der Waals surface area contributed by atoms with Crippen LogP contribution in [0.3, 0.4) is 0 Å². The second-order valence-electron chi connectivity index (χ2n) is 5.48. The van der Waals surface area contributed by atoms with Crippen LogP contribution in [-0.4, -0.2) is 23.1 Å². The highest BCUT2D eigenvalue weighted by Gasteiger charge is 2.27. The van der Waals surface area contributed by atoms with Gasteiger partial charge in [0.1, 0.15) is 17.5 Å². The van der Waals surface area contributed by atoms with Crippen LogP contribution in [0.5, 0.6) is 0 Å². The second kappa shape index (κ2) is 6.59. The van der Waals surface area contributed by atoms with Gasteiger partial charge >= 0.3 is 0 Å². The molecule has 1 aliphatic rings. The Labute approximate surface area is 141 Å². The van der Waals surface area contributed by atoms with Crippen molar-refractivity contribution in [1.82, 2.24) is 9.97 Å². The zero-order valence-corrected chi connectivity index (χ0v) is 14.1. The van der Waals surface area contributed by atoms with Gasteiger partial charge in [-0.3, -0.25) is 0 Å². The first-order valence-corrected chi connectivity index (χ1v) is 8.05. The number of nitrogens with one attached hydrogen (secondary N) is 2. The van der Waals surface area contributed by atoms with Gasteiger partial charge in [0.2, 0.25) is 5.95 Å². The molecule has 6 heteroatoms. The van der Waals surface area contributed by atoms with Crippen molar-refractivity contribution in [2.45, 2.75) is 20.8 Å². The maximum absolute atomic E-state index is 9.82. The Kier molecular flexibility index (Phi) is 4.34. The van der Waals surface area contributed by atoms with Crippen LogP contribution in [0.15, 0.2) is 36.3 Å². The van der Waals surface area contributed by atoms with Crippen molar-refractivity contribution in [3.8, 4) is 6.07 Å². The predicted molar refractivity (Wildman–Crippen MR) is 96.6 cm³/mol. The number of rotatable bonds is 4. The number of nitriles is 1. The van der Waals surface area contributed by atoms with E-state index in [2.05, 4.69) is 38.5 Å². The molecule has 0 spiro atoms. The second-order valence-corrected chi connectivity index (χ2v) is 5.48. The highest BCUT2D eigenvalue weighted by atomic mass is 15.3. The molecule has 0 aliphatic carbocycles. The minimum Gasteiger partial charge on any atom is -0.354 e. The molecule has 1 aromatic heterocycles. The fourth-order valence-electron chi connectivity index (χ4n) is 2.81. The number of hydrogen-bond donors (Lipinski definition) is 2. The van der Waals surface area contributed by atoms with Gasteiger partial charge in [-0.15, -0.1) is 0 Å². The Bertz CT molecular complexity index is 834. The molecule has 6 nitrogen and oxygen atoms in total. The lowest BCUT2D eigenvalue weighted by Crippen LogP contribution is -2.22. The van der Waals surface area contributed by atoms with Crippen LogP contribution in [0.1, 0.15) is 25.1 Å². The fraction of sp³-hybridized carbons (Fsp3) is 0.278. The molecule has 0 unspecified atom stereocenters. The van der Waals surface area contributed by atoms with Crippen LogP contribution in [0, 0.1) is 18.3 Å². The van der Waals surface area contributed by atoms with Gasteiger partial charge in [-0.1, -0.05) is 12.1 Å². The molecular formula is C18H20N6. The molecule has 0 atom stereocenters. The molecule has 2 heterocycles. The predicted octanol–water partition coefficient (Wildman–Crippen LogP) is 3.36. The first-order valence-electron chi connectivity index (χ1n) is 8.05. The van der Waals surface area contributed by atoms with Gasteiger partial charge in [0.15, 0.2) is 0 Å². The Balaban J connectivity index is 2.14. The molecule has 24 heavy (non-hydrogen) atoms. The van der Waals surface area contributed by atoms with E-state index < -0.39 is 0 Å². The summed E-state index contributed by atoms with van der Waals surface area (Å²) >= 11 is 0. The van der Waals surface area contributed by atoms with Gasteiger partial charge in [-0.25, -0.2) is 9.97 Å². The third kappa shape index (κ3) is 2.65. The summed E-state index contributed by atoms with van der Waals surface area (Å²) in [5.41, 5.74) is 4.11. The van der Waals surface area contributed by atoms with Crippen LogP contribution in [-0.2, 0) is 0 Å². The molecule has 122 valence electrons. The molecule has 0 radical (unpaired) electrons. The first-order chi connectivity index (χ1) is 11.7. The van der Waals surface area contributed by atoms with Crippen LogP contribution in [0.2, 0.25) is 0 Å². The van der Waals surface area contributed by atoms with Crippen LogP contribution >= 0.6 is 0 Å². The minimum absolute atomic E-state index is 0.520. The SMILES string of the molecule is CCNc1ncc(C)c(C(C#N)=C2Nc3ccccc3N2CC)n1. The van der Waals surface area contributed by atoms with Crippen molar-refractivity contribution in [3.63, 3.8) is 0 Å². The lowest BCUT2D eigenvalue weighted by atomic mass is 10.1. The average molecular weight is 320 g/mol. The highest BCUT2D eigenvalue weighted by molar-refractivity contribution is 5.91. The number of anilines is 3. The van der Waals surface area contributed by atoms with Crippen LogP contribution < -0.4 is 15.5 Å². The largest absolute Gasteiger partial charge is 0.354 e. The van der Waals surface area contributed by atoms with Gasteiger partial charge in [-0.2, -0.15) is 5.26 Å². The van der Waals surface area contributed by atoms with Crippen molar-refractivity contribution in [3.05, 3.63) is 47.5 Å². The van der Waals surface area contributed by atoms with E-state index in [1.54, 1.807) is 6.20 Å². The topological polar surface area (TPSA) is 76.9 Å². The highest BCUT2D eigenvalue weighted by Crippen LogP contribution is 2.38. The van der Waals surface area contributed by atoms with Crippen molar-refractivity contribution in [1.29, 1.82) is 5.26 Å². The van der Waals surface area contributed by atoms with Crippen LogP contribution in [0.4, 0.5) is 17.3 Å². The third-order valence-corrected chi connectivity index (χ3v) is 3.93. The summed E-state index contributed by atoms with van der Waals surface area (Å²) in [4.78, 5) is 10.9. The Hall–Kier alpha value is -3.07. The molecule has 3 rings (SSSR count). The molecule has 1 aromatic carbocycles. The average Bonchev–Trinajstić information content (AvgIpc) is 2.96. The van der Waals surface area contributed by atoms with E-state index in [9.17, 15) is 5.26 Å². The number of allylic oxidation sites excluding steroid dienone is 1. The van der Waals surface area contributed by atoms with E-state index in [0.717, 1.165) is 35.8 Å². The maximum Gasteiger partial charge on any atom is 0.223 e. The smallest absolute Gasteiger partial charge is 0.223 e. The van der Waals surface area contributed by atoms with Crippen molar-refractivity contribution >= 4 is 22.9 Å². The zero-order valence-electron chi connectivity index (χ0n) is 14.1. The van der Waals surface area contributed by atoms with E-state index in [-0.39, 0.29) is 0 Å². The van der Waals surface area contributed by atoms with Crippen molar-refractivity contribution < 1.29 is 0 Å². The zero-order chi connectivity index (χ0) is 17.1. The summed E-state index contributed by atoms with van der Waals surface area (Å²) in [6.45, 7) is 7.46. The van der Waals surface area contributed by atoms with E-state index in [1.807, 2.05) is 38.1 Å². The van der Waals surface area contributed by atoms with Gasteiger partial charge in [0, 0.05) is 19.3 Å². The van der Waals surface area contributed by atoms with E-state index in [1.165, 1.54) is 0 Å². The minimum atomic E-state index is 0.520. The van der Waals surface area contributed by atoms with Gasteiger partial charge in [0.25, 0.3) is 0 Å². The summed E-state index contributed by atoms with van der Waals surface area (Å²) in [5.74, 6) is 1.30. The molecule has 0 bridgehead atoms. The van der Waals surface area contributed by atoms with Gasteiger partial charge in [0.05, 0.1) is 17.1 Å². The Morgan fingerprint density at radius 1 is 1.33 bits per heavy atom. The first kappa shape index (κ1) is 15.8. The van der Waals surface area contributed by atoms with E-state index in [0.29, 0.717) is 17.2 Å². The lowest BCUT2D eigenvalue weighted by molar-refractivity contribution is 0.987. The molecular weight excluding hydrogens is 300 g/mol. The summed E-state index contributed by atoms with van der Waals surface area (Å²) < 4.78 is 0. The molecule has 2 aromatic rings. The Morgan fingerprint density at radius 3 is 2.83 bits per heavy atom. The monoisotopic (exact) mass is 320 g/mol. The molecule has 0 amide bonds. The van der Waals surface area contributed by atoms with Gasteiger partial charge < -0.3 is 15.5 Å². The third-order valence-electron chi connectivity index (χ3n) is 3.93. The summed E-state index contributed by atoms with van der Waals surface area (Å²) in [7, 11) is 0. The van der Waals surface area contributed by atoms with E-state index in [4.69, 9.17) is 0 Å². The maximum atomic E-state index is 9.82. The summed E-state index contributed by atoms with van der Waals surface area (Å²) in [6.07, 6.45) is 1.75. The molecule has 0 fully saturated rings. The van der Waals surface area contributed by atoms with Crippen molar-refractivity contribution in [2.75, 3.05) is 28.6 Å². The number of nitrogens with zero attached hydrogens (tertiary/aromatic N) is 4. The number of aryl methyl sites for hydroxylation is 1. The summed E-state index contributed by atoms with van der Waals surface area (Å²) in [5, 5.41) is 16.3. The number of benzene rings is 1. The number of hydrogen-bond acceptors (Lipinski definition) is 6. The number of fused-ring (bicyclic) bond motifs is 1. The number of para-hydroxylation sites is 2. The molecule has 0 saturated heterocycles. The van der Waals surface area contributed by atoms with E-state index >= 15 is 0 Å². The fourth-order valence-corrected chi connectivity index (χ4v) is 2.81. The molecule has 0 saturated carbocycles. The van der Waals surface area contributed by atoms with Gasteiger partial charge in [-0.05, 0) is 38.5 Å². The molecule has 2 N–H and O–H groups in total.